The van der Waals surface area contributed by atoms with E-state index in [1.807, 2.05) is 30.5 Å². The molecule has 5 heteroatoms. The van der Waals surface area contributed by atoms with Crippen LogP contribution >= 0.6 is 0 Å². The molecule has 31 heavy (non-hydrogen) atoms. The average molecular weight is 412 g/mol. The van der Waals surface area contributed by atoms with Crippen molar-refractivity contribution < 1.29 is 9.90 Å². The Morgan fingerprint density at radius 1 is 1.00 bits per heavy atom. The van der Waals surface area contributed by atoms with E-state index < -0.39 is 12.0 Å². The molecule has 0 spiro atoms. The van der Waals surface area contributed by atoms with Crippen molar-refractivity contribution >= 4 is 38.7 Å². The Balaban J connectivity index is 1.40. The zero-order valence-electron chi connectivity index (χ0n) is 17.4. The van der Waals surface area contributed by atoms with Crippen LogP contribution in [0.4, 0.5) is 0 Å². The molecule has 5 nitrogen and oxygen atoms in total. The van der Waals surface area contributed by atoms with Gasteiger partial charge in [0.2, 0.25) is 0 Å². The molecule has 0 radical (unpaired) electrons. The van der Waals surface area contributed by atoms with Gasteiger partial charge < -0.3 is 20.0 Å². The molecule has 2 aromatic heterocycles. The van der Waals surface area contributed by atoms with Gasteiger partial charge in [-0.15, -0.1) is 0 Å². The number of fused-ring (bicyclic) bond motifs is 4. The fourth-order valence-electron chi connectivity index (χ4n) is 4.56. The van der Waals surface area contributed by atoms with Crippen molar-refractivity contribution in [1.29, 1.82) is 0 Å². The normalized spacial score (nSPS) is 12.7. The maximum absolute atomic E-state index is 11.9. The number of aromatic nitrogens is 2. The first kappa shape index (κ1) is 19.4. The van der Waals surface area contributed by atoms with E-state index in [4.69, 9.17) is 0 Å². The zero-order chi connectivity index (χ0) is 21.4. The van der Waals surface area contributed by atoms with Crippen LogP contribution in [0.2, 0.25) is 0 Å². The first-order valence-corrected chi connectivity index (χ1v) is 10.7. The van der Waals surface area contributed by atoms with Gasteiger partial charge in [-0.05, 0) is 42.3 Å². The first-order valence-electron chi connectivity index (χ1n) is 10.7. The van der Waals surface area contributed by atoms with Crippen LogP contribution in [-0.4, -0.2) is 26.7 Å². The van der Waals surface area contributed by atoms with Crippen molar-refractivity contribution in [2.75, 3.05) is 0 Å². The molecular formula is C26H25N3O2. The smallest absolute Gasteiger partial charge is 0.321 e. The lowest BCUT2D eigenvalue weighted by Gasteiger charge is -2.14. The molecule has 0 aliphatic carbocycles. The van der Waals surface area contributed by atoms with Gasteiger partial charge in [0, 0.05) is 58.4 Å². The third kappa shape index (κ3) is 3.47. The molecule has 0 aliphatic rings. The molecule has 2 heterocycles. The van der Waals surface area contributed by atoms with Gasteiger partial charge >= 0.3 is 5.97 Å². The SMILES string of the molecule is CCn1c2ccccc2c2cc(CNC(Cc3c[nH]c4ccccc34)C(=O)O)ccc21. The third-order valence-electron chi connectivity index (χ3n) is 6.10. The Morgan fingerprint density at radius 3 is 2.55 bits per heavy atom. The fraction of sp³-hybridized carbons (Fsp3) is 0.192. The lowest BCUT2D eigenvalue weighted by molar-refractivity contribution is -0.139. The standard InChI is InChI=1S/C26H25N3O2/c1-2-29-24-10-6-4-8-20(24)21-13-17(11-12-25(21)29)15-27-23(26(30)31)14-18-16-28-22-9-5-3-7-19(18)22/h3-13,16,23,27-28H,2,14-15H2,1H3,(H,30,31). The fourth-order valence-corrected chi connectivity index (χ4v) is 4.56. The summed E-state index contributed by atoms with van der Waals surface area (Å²) < 4.78 is 2.32. The van der Waals surface area contributed by atoms with Crippen LogP contribution < -0.4 is 5.32 Å². The minimum absolute atomic E-state index is 0.427. The van der Waals surface area contributed by atoms with E-state index >= 15 is 0 Å². The van der Waals surface area contributed by atoms with Gasteiger partial charge in [0.1, 0.15) is 6.04 Å². The van der Waals surface area contributed by atoms with Crippen LogP contribution in [0.5, 0.6) is 0 Å². The number of hydrogen-bond donors (Lipinski definition) is 3. The molecule has 5 rings (SSSR count). The minimum Gasteiger partial charge on any atom is -0.480 e. The number of benzene rings is 3. The second-order valence-electron chi connectivity index (χ2n) is 7.95. The summed E-state index contributed by atoms with van der Waals surface area (Å²) >= 11 is 0. The number of hydrogen-bond acceptors (Lipinski definition) is 2. The highest BCUT2D eigenvalue weighted by Crippen LogP contribution is 2.29. The Kier molecular flexibility index (Phi) is 4.96. The third-order valence-corrected chi connectivity index (χ3v) is 6.10. The van der Waals surface area contributed by atoms with Gasteiger partial charge in [-0.2, -0.15) is 0 Å². The summed E-state index contributed by atoms with van der Waals surface area (Å²) in [4.78, 5) is 15.2. The van der Waals surface area contributed by atoms with Crippen molar-refractivity contribution in [2.24, 2.45) is 0 Å². The number of nitrogens with one attached hydrogen (secondary N) is 2. The maximum atomic E-state index is 11.9. The summed E-state index contributed by atoms with van der Waals surface area (Å²) in [6, 6.07) is 22.2. The molecule has 0 amide bonds. The number of nitrogens with zero attached hydrogens (tertiary/aromatic N) is 1. The molecule has 3 N–H and O–H groups in total. The molecule has 0 fully saturated rings. The molecule has 0 bridgehead atoms. The highest BCUT2D eigenvalue weighted by Gasteiger charge is 2.19. The van der Waals surface area contributed by atoms with Gasteiger partial charge in [0.25, 0.3) is 0 Å². The first-order chi connectivity index (χ1) is 15.2. The molecule has 0 saturated carbocycles. The van der Waals surface area contributed by atoms with Crippen LogP contribution in [0.25, 0.3) is 32.7 Å². The molecule has 0 saturated heterocycles. The quantitative estimate of drug-likeness (QED) is 0.350. The number of aromatic amines is 1. The number of H-pyrrole nitrogens is 1. The Bertz CT molecular complexity index is 1400. The van der Waals surface area contributed by atoms with E-state index in [9.17, 15) is 9.90 Å². The second kappa shape index (κ2) is 7.93. The molecule has 1 unspecified atom stereocenters. The Morgan fingerprint density at radius 2 is 1.74 bits per heavy atom. The molecule has 1 atom stereocenters. The number of para-hydroxylation sites is 2. The summed E-state index contributed by atoms with van der Waals surface area (Å²) in [5.74, 6) is -0.839. The van der Waals surface area contributed by atoms with Gasteiger partial charge in [-0.1, -0.05) is 42.5 Å². The van der Waals surface area contributed by atoms with E-state index in [1.54, 1.807) is 0 Å². The summed E-state index contributed by atoms with van der Waals surface area (Å²) in [5.41, 5.74) is 5.56. The molecular weight excluding hydrogens is 386 g/mol. The number of aryl methyl sites for hydroxylation is 1. The summed E-state index contributed by atoms with van der Waals surface area (Å²) in [7, 11) is 0. The largest absolute Gasteiger partial charge is 0.480 e. The van der Waals surface area contributed by atoms with Crippen molar-refractivity contribution in [1.82, 2.24) is 14.9 Å². The number of aliphatic carboxylic acids is 1. The average Bonchev–Trinajstić information content (AvgIpc) is 3.34. The molecule has 0 aliphatic heterocycles. The highest BCUT2D eigenvalue weighted by molar-refractivity contribution is 6.08. The number of carboxylic acids is 1. The Hall–Kier alpha value is -3.57. The topological polar surface area (TPSA) is 70.0 Å². The zero-order valence-corrected chi connectivity index (χ0v) is 17.4. The van der Waals surface area contributed by atoms with E-state index in [2.05, 4.69) is 64.3 Å². The van der Waals surface area contributed by atoms with Crippen LogP contribution in [0, 0.1) is 0 Å². The number of rotatable bonds is 7. The van der Waals surface area contributed by atoms with Crippen LogP contribution in [0.15, 0.2) is 72.9 Å². The second-order valence-corrected chi connectivity index (χ2v) is 7.95. The van der Waals surface area contributed by atoms with Gasteiger partial charge in [-0.3, -0.25) is 4.79 Å². The van der Waals surface area contributed by atoms with Crippen LogP contribution in [0.1, 0.15) is 18.1 Å². The van der Waals surface area contributed by atoms with Crippen molar-refractivity contribution in [3.8, 4) is 0 Å². The van der Waals surface area contributed by atoms with Crippen molar-refractivity contribution in [3.05, 3.63) is 84.1 Å². The van der Waals surface area contributed by atoms with E-state index in [0.29, 0.717) is 13.0 Å². The monoisotopic (exact) mass is 411 g/mol. The molecule has 3 aromatic carbocycles. The maximum Gasteiger partial charge on any atom is 0.321 e. The predicted octanol–water partition coefficient (Wildman–Crippen LogP) is 5.08. The van der Waals surface area contributed by atoms with E-state index in [1.165, 1.54) is 21.8 Å². The predicted molar refractivity (Wildman–Crippen MR) is 125 cm³/mol. The van der Waals surface area contributed by atoms with Gasteiger partial charge in [0.05, 0.1) is 0 Å². The van der Waals surface area contributed by atoms with Crippen molar-refractivity contribution in [2.45, 2.75) is 32.5 Å². The lowest BCUT2D eigenvalue weighted by atomic mass is 10.0. The Labute approximate surface area is 180 Å². The summed E-state index contributed by atoms with van der Waals surface area (Å²) in [6.45, 7) is 3.57. The number of carbonyl (C=O) groups is 1. The van der Waals surface area contributed by atoms with Crippen LogP contribution in [0.3, 0.4) is 0 Å². The van der Waals surface area contributed by atoms with Gasteiger partial charge in [0.15, 0.2) is 0 Å². The number of carboxylic acid groups (broad SMARTS) is 1. The summed E-state index contributed by atoms with van der Waals surface area (Å²) in [6.07, 6.45) is 2.34. The minimum atomic E-state index is -0.839. The van der Waals surface area contributed by atoms with Gasteiger partial charge in [-0.25, -0.2) is 0 Å². The highest BCUT2D eigenvalue weighted by atomic mass is 16.4. The lowest BCUT2D eigenvalue weighted by Crippen LogP contribution is -2.38. The van der Waals surface area contributed by atoms with Crippen LogP contribution in [-0.2, 0) is 24.3 Å². The van der Waals surface area contributed by atoms with Crippen molar-refractivity contribution in [3.63, 3.8) is 0 Å². The van der Waals surface area contributed by atoms with E-state index in [-0.39, 0.29) is 0 Å². The summed E-state index contributed by atoms with van der Waals surface area (Å²) in [5, 5.41) is 16.6. The molecule has 5 aromatic rings. The van der Waals surface area contributed by atoms with E-state index in [0.717, 1.165) is 28.6 Å². The molecule has 156 valence electrons.